The second-order valence-electron chi connectivity index (χ2n) is 6.49. The highest BCUT2D eigenvalue weighted by Crippen LogP contribution is 2.32. The molecule has 0 saturated carbocycles. The SMILES string of the molecule is CCOC(=O)CN1C(=O)S/C(=C\c2ccc(OCC(=O)Nc3ccc(Cl)cc3)cc2)C1=O. The Morgan fingerprint density at radius 1 is 1.09 bits per heavy atom. The molecular weight excluding hydrogens is 456 g/mol. The third-order valence-electron chi connectivity index (χ3n) is 4.14. The van der Waals surface area contributed by atoms with Crippen molar-refractivity contribution in [3.8, 4) is 5.75 Å². The van der Waals surface area contributed by atoms with Gasteiger partial charge in [-0.25, -0.2) is 0 Å². The molecule has 0 spiro atoms. The quantitative estimate of drug-likeness (QED) is 0.456. The first-order valence-electron chi connectivity index (χ1n) is 9.55. The number of benzene rings is 2. The van der Waals surface area contributed by atoms with E-state index in [0.29, 0.717) is 22.0 Å². The number of thioether (sulfide) groups is 1. The summed E-state index contributed by atoms with van der Waals surface area (Å²) in [4.78, 5) is 49.1. The van der Waals surface area contributed by atoms with Crippen molar-refractivity contribution in [2.24, 2.45) is 0 Å². The lowest BCUT2D eigenvalue weighted by atomic mass is 10.2. The van der Waals surface area contributed by atoms with Crippen molar-refractivity contribution in [1.82, 2.24) is 4.90 Å². The summed E-state index contributed by atoms with van der Waals surface area (Å²) in [6.45, 7) is 1.21. The largest absolute Gasteiger partial charge is 0.484 e. The molecule has 0 aromatic heterocycles. The molecular formula is C22H19ClN2O6S. The van der Waals surface area contributed by atoms with Gasteiger partial charge in [0.15, 0.2) is 6.61 Å². The summed E-state index contributed by atoms with van der Waals surface area (Å²) in [5.41, 5.74) is 1.26. The van der Waals surface area contributed by atoms with Gasteiger partial charge < -0.3 is 14.8 Å². The Hall–Kier alpha value is -3.30. The molecule has 8 nitrogen and oxygen atoms in total. The number of rotatable bonds is 8. The molecule has 2 aromatic rings. The highest BCUT2D eigenvalue weighted by atomic mass is 35.5. The van der Waals surface area contributed by atoms with Crippen molar-refractivity contribution in [3.63, 3.8) is 0 Å². The zero-order chi connectivity index (χ0) is 23.1. The maximum absolute atomic E-state index is 12.4. The smallest absolute Gasteiger partial charge is 0.326 e. The summed E-state index contributed by atoms with van der Waals surface area (Å²) in [5, 5.41) is 2.74. The van der Waals surface area contributed by atoms with Crippen LogP contribution in [0.3, 0.4) is 0 Å². The fourth-order valence-electron chi connectivity index (χ4n) is 2.66. The molecule has 32 heavy (non-hydrogen) atoms. The van der Waals surface area contributed by atoms with Gasteiger partial charge in [-0.15, -0.1) is 0 Å². The van der Waals surface area contributed by atoms with Gasteiger partial charge in [0.2, 0.25) is 0 Å². The van der Waals surface area contributed by atoms with Crippen LogP contribution in [-0.4, -0.2) is 47.7 Å². The summed E-state index contributed by atoms with van der Waals surface area (Å²) < 4.78 is 10.2. The van der Waals surface area contributed by atoms with Crippen molar-refractivity contribution in [2.45, 2.75) is 6.92 Å². The van der Waals surface area contributed by atoms with Crippen molar-refractivity contribution < 1.29 is 28.7 Å². The number of amides is 3. The number of nitrogens with zero attached hydrogens (tertiary/aromatic N) is 1. The van der Waals surface area contributed by atoms with Gasteiger partial charge in [0.05, 0.1) is 11.5 Å². The first-order chi connectivity index (χ1) is 15.4. The summed E-state index contributed by atoms with van der Waals surface area (Å²) in [7, 11) is 0. The maximum Gasteiger partial charge on any atom is 0.326 e. The molecule has 0 bridgehead atoms. The van der Waals surface area contributed by atoms with Crippen LogP contribution in [0.5, 0.6) is 5.75 Å². The van der Waals surface area contributed by atoms with Crippen molar-refractivity contribution in [1.29, 1.82) is 0 Å². The van der Waals surface area contributed by atoms with E-state index in [0.717, 1.165) is 16.7 Å². The van der Waals surface area contributed by atoms with E-state index in [1.54, 1.807) is 61.5 Å². The Morgan fingerprint density at radius 2 is 1.78 bits per heavy atom. The number of ether oxygens (including phenoxy) is 2. The molecule has 166 valence electrons. The molecule has 1 fully saturated rings. The Kier molecular flexibility index (Phi) is 7.91. The zero-order valence-electron chi connectivity index (χ0n) is 17.0. The Labute approximate surface area is 193 Å². The van der Waals surface area contributed by atoms with Crippen LogP contribution >= 0.6 is 23.4 Å². The fraction of sp³-hybridized carbons (Fsp3) is 0.182. The average molecular weight is 475 g/mol. The molecule has 10 heteroatoms. The molecule has 2 aromatic carbocycles. The van der Waals surface area contributed by atoms with Crippen molar-refractivity contribution >= 4 is 58.1 Å². The van der Waals surface area contributed by atoms with Crippen LogP contribution in [0.2, 0.25) is 5.02 Å². The Balaban J connectivity index is 1.55. The molecule has 3 rings (SSSR count). The topological polar surface area (TPSA) is 102 Å². The zero-order valence-corrected chi connectivity index (χ0v) is 18.6. The van der Waals surface area contributed by atoms with Crippen LogP contribution in [0.4, 0.5) is 10.5 Å². The third kappa shape index (κ3) is 6.35. The molecule has 1 aliphatic rings. The minimum absolute atomic E-state index is 0.169. The lowest BCUT2D eigenvalue weighted by molar-refractivity contribution is -0.146. The standard InChI is InChI=1S/C22H19ClN2O6S/c1-2-30-20(27)12-25-21(28)18(32-22(25)29)11-14-3-9-17(10-4-14)31-13-19(26)24-16-7-5-15(23)6-8-16/h3-11H,2,12-13H2,1H3,(H,24,26)/b18-11-. The predicted molar refractivity (Wildman–Crippen MR) is 121 cm³/mol. The monoisotopic (exact) mass is 474 g/mol. The highest BCUT2D eigenvalue weighted by molar-refractivity contribution is 8.18. The average Bonchev–Trinajstić information content (AvgIpc) is 3.02. The van der Waals surface area contributed by atoms with Gasteiger partial charge in [0.25, 0.3) is 17.1 Å². The van der Waals surface area contributed by atoms with Gasteiger partial charge in [-0.1, -0.05) is 23.7 Å². The normalized spacial score (nSPS) is 14.6. The predicted octanol–water partition coefficient (Wildman–Crippen LogP) is 3.96. The minimum atomic E-state index is -0.641. The summed E-state index contributed by atoms with van der Waals surface area (Å²) >= 11 is 6.57. The van der Waals surface area contributed by atoms with Gasteiger partial charge in [0, 0.05) is 10.7 Å². The molecule has 3 amide bonds. The van der Waals surface area contributed by atoms with Gasteiger partial charge in [-0.3, -0.25) is 24.1 Å². The number of anilines is 1. The molecule has 0 unspecified atom stereocenters. The van der Waals surface area contributed by atoms with E-state index in [2.05, 4.69) is 5.32 Å². The van der Waals surface area contributed by atoms with E-state index in [-0.39, 0.29) is 24.0 Å². The van der Waals surface area contributed by atoms with Crippen LogP contribution in [0, 0.1) is 0 Å². The van der Waals surface area contributed by atoms with Gasteiger partial charge in [-0.2, -0.15) is 0 Å². The van der Waals surface area contributed by atoms with E-state index in [1.807, 2.05) is 0 Å². The van der Waals surface area contributed by atoms with Crippen LogP contribution < -0.4 is 10.1 Å². The lowest BCUT2D eigenvalue weighted by Gasteiger charge is -2.10. The summed E-state index contributed by atoms with van der Waals surface area (Å²) in [5.74, 6) is -1.06. The van der Waals surface area contributed by atoms with Gasteiger partial charge in [-0.05, 0) is 66.7 Å². The number of hydrogen-bond donors (Lipinski definition) is 1. The number of nitrogens with one attached hydrogen (secondary N) is 1. The number of carbonyl (C=O) groups excluding carboxylic acids is 4. The first-order valence-corrected chi connectivity index (χ1v) is 10.7. The summed E-state index contributed by atoms with van der Waals surface area (Å²) in [6.07, 6.45) is 1.55. The van der Waals surface area contributed by atoms with E-state index in [4.69, 9.17) is 21.1 Å². The van der Waals surface area contributed by atoms with Crippen LogP contribution in [0.1, 0.15) is 12.5 Å². The number of carbonyl (C=O) groups is 4. The van der Waals surface area contributed by atoms with Crippen LogP contribution in [0.25, 0.3) is 6.08 Å². The van der Waals surface area contributed by atoms with Crippen LogP contribution in [0.15, 0.2) is 53.4 Å². The Morgan fingerprint density at radius 3 is 2.44 bits per heavy atom. The molecule has 1 saturated heterocycles. The number of esters is 1. The second-order valence-corrected chi connectivity index (χ2v) is 7.92. The van der Waals surface area contributed by atoms with Crippen molar-refractivity contribution in [2.75, 3.05) is 25.1 Å². The molecule has 0 aliphatic carbocycles. The van der Waals surface area contributed by atoms with Crippen molar-refractivity contribution in [3.05, 3.63) is 64.0 Å². The third-order valence-corrected chi connectivity index (χ3v) is 5.30. The number of halogens is 1. The summed E-state index contributed by atoms with van der Waals surface area (Å²) in [6, 6.07) is 13.4. The second kappa shape index (κ2) is 10.8. The lowest BCUT2D eigenvalue weighted by Crippen LogP contribution is -2.34. The molecule has 0 radical (unpaired) electrons. The number of hydrogen-bond acceptors (Lipinski definition) is 7. The van der Waals surface area contributed by atoms with E-state index < -0.39 is 23.7 Å². The van der Waals surface area contributed by atoms with Gasteiger partial charge >= 0.3 is 5.97 Å². The van der Waals surface area contributed by atoms with E-state index in [9.17, 15) is 19.2 Å². The van der Waals surface area contributed by atoms with Crippen LogP contribution in [-0.2, 0) is 19.1 Å². The highest BCUT2D eigenvalue weighted by Gasteiger charge is 2.36. The fourth-order valence-corrected chi connectivity index (χ4v) is 3.63. The minimum Gasteiger partial charge on any atom is -0.484 e. The Bertz CT molecular complexity index is 1050. The first kappa shape index (κ1) is 23.4. The molecule has 1 heterocycles. The van der Waals surface area contributed by atoms with E-state index >= 15 is 0 Å². The molecule has 0 atom stereocenters. The number of imide groups is 1. The molecule has 1 N–H and O–H groups in total. The maximum atomic E-state index is 12.4. The van der Waals surface area contributed by atoms with Gasteiger partial charge in [0.1, 0.15) is 12.3 Å². The molecule has 1 aliphatic heterocycles. The van der Waals surface area contributed by atoms with E-state index in [1.165, 1.54) is 0 Å².